The number of nitrogens with zero attached hydrogens (tertiary/aromatic N) is 8. The number of amides is 2. The molecule has 0 saturated carbocycles. The van der Waals surface area contributed by atoms with Crippen molar-refractivity contribution < 1.29 is 24.5 Å². The zero-order chi connectivity index (χ0) is 50.6. The van der Waals surface area contributed by atoms with E-state index >= 15 is 0 Å². The van der Waals surface area contributed by atoms with Gasteiger partial charge in [0.05, 0.1) is 41.0 Å². The quantitative estimate of drug-likeness (QED) is 0.0618. The fourth-order valence-corrected chi connectivity index (χ4v) is 9.46. The van der Waals surface area contributed by atoms with Crippen molar-refractivity contribution in [3.63, 3.8) is 0 Å². The normalized spacial score (nSPS) is 13.8. The van der Waals surface area contributed by atoms with Crippen molar-refractivity contribution in [2.24, 2.45) is 5.92 Å². The van der Waals surface area contributed by atoms with Gasteiger partial charge in [0, 0.05) is 70.6 Å². The number of rotatable bonds is 16. The van der Waals surface area contributed by atoms with Crippen molar-refractivity contribution in [1.29, 1.82) is 0 Å². The zero-order valence-corrected chi connectivity index (χ0v) is 41.5. The standard InChI is InChI=1S/C55H61N11O6/c1-7-64(33-37-17-19-39(20-18-37)66-50(60-61-55(66)71)43-28-42(34(3)4)47(67)29-48(43)68)32-36-15-13-35(14-16-36)30-56-52(69)38-23-25-65(26-24-38)40-21-22-44(49(27-40)72-8-2)58-54-57-31-46-51(59-54)62(5)45-12-10-9-11-41(45)53(70)63(46)6/h9-22,27-29,31,34,38,67-68H,7-8,23-26,30,32-33H2,1-6H3,(H,56,69)(H,61,71)(H,57,58,59). The topological polar surface area (TPSA) is 197 Å². The lowest BCUT2D eigenvalue weighted by Crippen LogP contribution is -2.40. The van der Waals surface area contributed by atoms with Crippen molar-refractivity contribution in [1.82, 2.24) is 34.9 Å². The molecule has 5 N–H and O–H groups in total. The number of carbonyl (C=O) groups excluding carboxylic acids is 2. The van der Waals surface area contributed by atoms with E-state index in [0.29, 0.717) is 71.0 Å². The zero-order valence-electron chi connectivity index (χ0n) is 41.5. The number of carbonyl (C=O) groups is 2. The Labute approximate surface area is 418 Å². The molecule has 72 heavy (non-hydrogen) atoms. The summed E-state index contributed by atoms with van der Waals surface area (Å²) in [5.41, 5.74) is 8.09. The predicted molar refractivity (Wildman–Crippen MR) is 280 cm³/mol. The minimum Gasteiger partial charge on any atom is -0.508 e. The molecule has 0 radical (unpaired) electrons. The maximum Gasteiger partial charge on any atom is 0.348 e. The fourth-order valence-electron chi connectivity index (χ4n) is 9.46. The summed E-state index contributed by atoms with van der Waals surface area (Å²) in [5.74, 6) is 1.55. The van der Waals surface area contributed by atoms with Gasteiger partial charge in [0.1, 0.15) is 22.9 Å². The molecule has 9 rings (SSSR count). The molecule has 17 heteroatoms. The number of H-pyrrole nitrogens is 1. The molecule has 17 nitrogen and oxygen atoms in total. The predicted octanol–water partition coefficient (Wildman–Crippen LogP) is 8.61. The number of anilines is 6. The van der Waals surface area contributed by atoms with Crippen LogP contribution in [0.25, 0.3) is 17.1 Å². The van der Waals surface area contributed by atoms with Crippen molar-refractivity contribution in [3.8, 4) is 34.3 Å². The van der Waals surface area contributed by atoms with E-state index in [0.717, 1.165) is 67.1 Å². The second-order valence-corrected chi connectivity index (χ2v) is 18.6. The van der Waals surface area contributed by atoms with E-state index in [1.54, 1.807) is 24.2 Å². The number of phenols is 2. The van der Waals surface area contributed by atoms with Crippen LogP contribution in [-0.2, 0) is 24.4 Å². The summed E-state index contributed by atoms with van der Waals surface area (Å²) in [7, 11) is 3.62. The molecule has 2 amide bonds. The number of fused-ring (bicyclic) bond motifs is 2. The largest absolute Gasteiger partial charge is 0.508 e. The number of hydrogen-bond donors (Lipinski definition) is 5. The highest BCUT2D eigenvalue weighted by molar-refractivity contribution is 6.13. The molecule has 7 aromatic rings. The first-order valence-corrected chi connectivity index (χ1v) is 24.5. The van der Waals surface area contributed by atoms with Crippen LogP contribution in [0.5, 0.6) is 17.2 Å². The Bertz CT molecular complexity index is 3140. The van der Waals surface area contributed by atoms with E-state index in [2.05, 4.69) is 66.8 Å². The third-order valence-corrected chi connectivity index (χ3v) is 13.6. The molecule has 5 aromatic carbocycles. The van der Waals surface area contributed by atoms with E-state index in [-0.39, 0.29) is 41.0 Å². The number of ether oxygens (including phenoxy) is 1. The van der Waals surface area contributed by atoms with Gasteiger partial charge in [-0.1, -0.05) is 69.3 Å². The van der Waals surface area contributed by atoms with Crippen molar-refractivity contribution >= 4 is 46.3 Å². The molecule has 0 unspecified atom stereocenters. The highest BCUT2D eigenvalue weighted by Crippen LogP contribution is 2.40. The molecule has 4 heterocycles. The lowest BCUT2D eigenvalue weighted by atomic mass is 9.95. The number of aromatic nitrogens is 5. The van der Waals surface area contributed by atoms with Crippen LogP contribution in [0.15, 0.2) is 114 Å². The molecule has 0 bridgehead atoms. The summed E-state index contributed by atoms with van der Waals surface area (Å²) in [6, 6.07) is 32.5. The number of hydrogen-bond acceptors (Lipinski definition) is 13. The number of benzene rings is 5. The van der Waals surface area contributed by atoms with Gasteiger partial charge in [-0.15, -0.1) is 0 Å². The van der Waals surface area contributed by atoms with Gasteiger partial charge in [-0.2, -0.15) is 10.1 Å². The second kappa shape index (κ2) is 21.0. The molecule has 1 fully saturated rings. The third-order valence-electron chi connectivity index (χ3n) is 13.6. The maximum absolute atomic E-state index is 13.4. The van der Waals surface area contributed by atoms with Crippen LogP contribution in [0, 0.1) is 5.92 Å². The summed E-state index contributed by atoms with van der Waals surface area (Å²) in [5, 5.41) is 34.3. The first kappa shape index (κ1) is 48.8. The number of aromatic hydroxyl groups is 2. The van der Waals surface area contributed by atoms with E-state index < -0.39 is 5.69 Å². The molecular weight excluding hydrogens is 911 g/mol. The van der Waals surface area contributed by atoms with Gasteiger partial charge in [-0.05, 0) is 96.9 Å². The summed E-state index contributed by atoms with van der Waals surface area (Å²) < 4.78 is 7.53. The molecule has 2 aliphatic heterocycles. The van der Waals surface area contributed by atoms with Crippen LogP contribution in [0.2, 0.25) is 0 Å². The Morgan fingerprint density at radius 3 is 2.19 bits per heavy atom. The second-order valence-electron chi connectivity index (χ2n) is 18.6. The van der Waals surface area contributed by atoms with Gasteiger partial charge in [-0.3, -0.25) is 14.5 Å². The highest BCUT2D eigenvalue weighted by Gasteiger charge is 2.30. The Morgan fingerprint density at radius 2 is 1.50 bits per heavy atom. The highest BCUT2D eigenvalue weighted by atomic mass is 16.5. The van der Waals surface area contributed by atoms with Gasteiger partial charge >= 0.3 is 5.69 Å². The van der Waals surface area contributed by atoms with E-state index in [1.807, 2.05) is 99.4 Å². The molecule has 1 saturated heterocycles. The van der Waals surface area contributed by atoms with Crippen LogP contribution in [0.4, 0.5) is 34.5 Å². The smallest absolute Gasteiger partial charge is 0.348 e. The van der Waals surface area contributed by atoms with Gasteiger partial charge in [0.25, 0.3) is 5.91 Å². The molecule has 0 spiro atoms. The minimum atomic E-state index is -0.438. The molecule has 372 valence electrons. The fraction of sp³-hybridized carbons (Fsp3) is 0.309. The monoisotopic (exact) mass is 971 g/mol. The Kier molecular flexibility index (Phi) is 14.3. The lowest BCUT2D eigenvalue weighted by molar-refractivity contribution is -0.125. The van der Waals surface area contributed by atoms with Crippen LogP contribution in [0.1, 0.15) is 79.1 Å². The molecule has 2 aliphatic rings. The van der Waals surface area contributed by atoms with Gasteiger partial charge in [0.15, 0.2) is 11.6 Å². The average molecular weight is 972 g/mol. The maximum atomic E-state index is 13.4. The molecule has 2 aromatic heterocycles. The van der Waals surface area contributed by atoms with Crippen LogP contribution in [0.3, 0.4) is 0 Å². The van der Waals surface area contributed by atoms with Crippen LogP contribution < -0.4 is 35.8 Å². The first-order valence-electron chi connectivity index (χ1n) is 24.5. The number of phenolic OH excluding ortho intramolecular Hbond substituents is 2. The third kappa shape index (κ3) is 10.2. The van der Waals surface area contributed by atoms with Gasteiger partial charge < -0.3 is 40.3 Å². The summed E-state index contributed by atoms with van der Waals surface area (Å²) in [6.45, 7) is 12.6. The van der Waals surface area contributed by atoms with E-state index in [4.69, 9.17) is 9.72 Å². The molecular formula is C55H61N11O6. The number of piperidine rings is 1. The summed E-state index contributed by atoms with van der Waals surface area (Å²) >= 11 is 0. The van der Waals surface area contributed by atoms with Crippen molar-refractivity contribution in [3.05, 3.63) is 148 Å². The summed E-state index contributed by atoms with van der Waals surface area (Å²) in [6.07, 6.45) is 3.12. The Morgan fingerprint density at radius 1 is 0.819 bits per heavy atom. The number of aromatic amines is 1. The minimum absolute atomic E-state index is 0.00567. The van der Waals surface area contributed by atoms with Crippen molar-refractivity contribution in [2.75, 3.05) is 60.4 Å². The first-order chi connectivity index (χ1) is 34.8. The summed E-state index contributed by atoms with van der Waals surface area (Å²) in [4.78, 5) is 57.2. The van der Waals surface area contributed by atoms with Crippen molar-refractivity contribution in [2.45, 2.75) is 66.1 Å². The number of nitrogens with one attached hydrogen (secondary N) is 3. The Hall–Kier alpha value is -8.18. The van der Waals surface area contributed by atoms with Crippen LogP contribution in [-0.4, -0.2) is 92.0 Å². The SMILES string of the molecule is CCOc1cc(N2CCC(C(=O)NCc3ccc(CN(CC)Cc4ccc(-n5c(-c6cc(C(C)C)c(O)cc6O)n[nH]c5=O)cc4)cc3)CC2)ccc1Nc1ncc2c(n1)N(C)c1ccccc1C(=O)N2C. The van der Waals surface area contributed by atoms with Crippen LogP contribution >= 0.6 is 0 Å². The lowest BCUT2D eigenvalue weighted by Gasteiger charge is -2.33. The van der Waals surface area contributed by atoms with E-state index in [1.165, 1.54) is 10.6 Å². The van der Waals surface area contributed by atoms with Gasteiger partial charge in [0.2, 0.25) is 11.9 Å². The molecule has 0 aliphatic carbocycles. The van der Waals surface area contributed by atoms with E-state index in [9.17, 15) is 24.6 Å². The average Bonchev–Trinajstić information content (AvgIpc) is 3.75. The van der Waals surface area contributed by atoms with Gasteiger partial charge in [-0.25, -0.2) is 19.4 Å². The Balaban J connectivity index is 0.761. The number of para-hydroxylation sites is 1. The molecule has 0 atom stereocenters.